The molecule has 1 aromatic carbocycles. The molecule has 0 aliphatic rings. The minimum absolute atomic E-state index is 1.03. The lowest BCUT2D eigenvalue weighted by atomic mass is 10.1. The molecule has 0 radical (unpaired) electrons. The summed E-state index contributed by atoms with van der Waals surface area (Å²) in [5, 5.41) is 4.99. The lowest BCUT2D eigenvalue weighted by Crippen LogP contribution is -2.13. The number of hydrogen-bond donors (Lipinski definition) is 1. The van der Waals surface area contributed by atoms with Gasteiger partial charge in [0.25, 0.3) is 0 Å². The third-order valence-corrected chi connectivity index (χ3v) is 4.21. The highest BCUT2D eigenvalue weighted by Crippen LogP contribution is 2.32. The average molecular weight is 247 g/mol. The Labute approximate surface area is 108 Å². The van der Waals surface area contributed by atoms with Crippen molar-refractivity contribution in [1.29, 1.82) is 0 Å². The molecule has 0 bridgehead atoms. The van der Waals surface area contributed by atoms with E-state index in [9.17, 15) is 0 Å². The largest absolute Gasteiger partial charge is 0.312 e. The molecule has 0 aliphatic heterocycles. The first-order chi connectivity index (χ1) is 8.36. The van der Waals surface area contributed by atoms with Gasteiger partial charge in [0.1, 0.15) is 0 Å². The molecule has 17 heavy (non-hydrogen) atoms. The Hall–Kier alpha value is -0.860. The second-order valence-corrected chi connectivity index (χ2v) is 5.56. The molecular weight excluding hydrogens is 226 g/mol. The minimum Gasteiger partial charge on any atom is -0.312 e. The molecule has 2 heteroatoms. The van der Waals surface area contributed by atoms with Crippen LogP contribution in [-0.4, -0.2) is 6.54 Å². The van der Waals surface area contributed by atoms with Gasteiger partial charge in [0.2, 0.25) is 0 Å². The van der Waals surface area contributed by atoms with Crippen molar-refractivity contribution in [2.75, 3.05) is 6.54 Å². The number of aryl methyl sites for hydroxylation is 1. The fourth-order valence-electron chi connectivity index (χ4n) is 2.20. The number of benzene rings is 1. The van der Waals surface area contributed by atoms with E-state index < -0.39 is 0 Å². The van der Waals surface area contributed by atoms with Crippen LogP contribution in [0.4, 0.5) is 0 Å². The van der Waals surface area contributed by atoms with Gasteiger partial charge in [-0.2, -0.15) is 0 Å². The third-order valence-electron chi connectivity index (χ3n) is 2.99. The molecule has 0 atom stereocenters. The van der Waals surface area contributed by atoms with Gasteiger partial charge in [-0.05, 0) is 36.4 Å². The summed E-state index contributed by atoms with van der Waals surface area (Å²) in [4.78, 5) is 1.53. The van der Waals surface area contributed by atoms with Gasteiger partial charge in [0, 0.05) is 16.1 Å². The van der Waals surface area contributed by atoms with Crippen molar-refractivity contribution in [3.8, 4) is 0 Å². The van der Waals surface area contributed by atoms with Crippen LogP contribution in [0.3, 0.4) is 0 Å². The second-order valence-electron chi connectivity index (χ2n) is 4.43. The highest BCUT2D eigenvalue weighted by molar-refractivity contribution is 7.19. The molecule has 0 aliphatic carbocycles. The zero-order valence-electron chi connectivity index (χ0n) is 10.8. The van der Waals surface area contributed by atoms with Crippen molar-refractivity contribution < 1.29 is 0 Å². The number of fused-ring (bicyclic) bond motifs is 1. The van der Waals surface area contributed by atoms with Crippen molar-refractivity contribution in [1.82, 2.24) is 5.32 Å². The predicted octanol–water partition coefficient (Wildman–Crippen LogP) is 4.35. The van der Waals surface area contributed by atoms with Gasteiger partial charge in [0.05, 0.1) is 0 Å². The summed E-state index contributed by atoms with van der Waals surface area (Å²) in [6.45, 7) is 6.61. The van der Waals surface area contributed by atoms with Crippen molar-refractivity contribution in [2.45, 2.75) is 39.7 Å². The Balaban J connectivity index is 2.29. The van der Waals surface area contributed by atoms with Crippen LogP contribution in [0.25, 0.3) is 10.1 Å². The zero-order valence-corrected chi connectivity index (χ0v) is 11.6. The fourth-order valence-corrected chi connectivity index (χ4v) is 3.42. The lowest BCUT2D eigenvalue weighted by molar-refractivity contribution is 0.677. The summed E-state index contributed by atoms with van der Waals surface area (Å²) in [5.74, 6) is 0. The Kier molecular flexibility index (Phi) is 4.57. The minimum atomic E-state index is 1.03. The Morgan fingerprint density at radius 2 is 1.94 bits per heavy atom. The molecule has 1 nitrogen and oxygen atoms in total. The number of rotatable bonds is 6. The van der Waals surface area contributed by atoms with Gasteiger partial charge >= 0.3 is 0 Å². The van der Waals surface area contributed by atoms with Crippen molar-refractivity contribution in [2.24, 2.45) is 0 Å². The molecule has 1 aromatic heterocycles. The van der Waals surface area contributed by atoms with Crippen LogP contribution in [-0.2, 0) is 13.0 Å². The van der Waals surface area contributed by atoms with Crippen LogP contribution in [0, 0.1) is 0 Å². The second kappa shape index (κ2) is 6.18. The first-order valence-corrected chi connectivity index (χ1v) is 7.38. The summed E-state index contributed by atoms with van der Waals surface area (Å²) < 4.78 is 1.43. The van der Waals surface area contributed by atoms with Gasteiger partial charge in [-0.15, -0.1) is 11.3 Å². The van der Waals surface area contributed by atoms with Gasteiger partial charge in [-0.1, -0.05) is 38.5 Å². The monoisotopic (exact) mass is 247 g/mol. The smallest absolute Gasteiger partial charge is 0.0349 e. The average Bonchev–Trinajstić information content (AvgIpc) is 2.69. The van der Waals surface area contributed by atoms with Crippen LogP contribution >= 0.6 is 11.3 Å². The predicted molar refractivity (Wildman–Crippen MR) is 77.8 cm³/mol. The van der Waals surface area contributed by atoms with Crippen molar-refractivity contribution in [3.63, 3.8) is 0 Å². The first kappa shape index (κ1) is 12.6. The van der Waals surface area contributed by atoms with E-state index in [0.29, 0.717) is 0 Å². The van der Waals surface area contributed by atoms with Gasteiger partial charge in [-0.25, -0.2) is 0 Å². The molecule has 0 fully saturated rings. The maximum Gasteiger partial charge on any atom is 0.0349 e. The van der Waals surface area contributed by atoms with Crippen molar-refractivity contribution >= 4 is 21.4 Å². The van der Waals surface area contributed by atoms with Crippen LogP contribution in [0.2, 0.25) is 0 Å². The first-order valence-electron chi connectivity index (χ1n) is 6.56. The van der Waals surface area contributed by atoms with E-state index in [2.05, 4.69) is 43.4 Å². The molecule has 2 aromatic rings. The van der Waals surface area contributed by atoms with Gasteiger partial charge in [0.15, 0.2) is 0 Å². The Morgan fingerprint density at radius 3 is 2.71 bits per heavy atom. The van der Waals surface area contributed by atoms with E-state index in [1.54, 1.807) is 5.56 Å². The molecule has 1 N–H and O–H groups in total. The number of nitrogens with one attached hydrogen (secondary N) is 1. The zero-order chi connectivity index (χ0) is 12.1. The topological polar surface area (TPSA) is 12.0 Å². The molecule has 2 rings (SSSR count). The summed E-state index contributed by atoms with van der Waals surface area (Å²) >= 11 is 1.95. The summed E-state index contributed by atoms with van der Waals surface area (Å²) in [7, 11) is 0. The van der Waals surface area contributed by atoms with E-state index in [1.807, 2.05) is 11.3 Å². The maximum absolute atomic E-state index is 3.52. The molecule has 0 saturated heterocycles. The van der Waals surface area contributed by atoms with Crippen LogP contribution < -0.4 is 5.32 Å². The molecule has 1 heterocycles. The normalized spacial score (nSPS) is 11.2. The molecule has 0 unspecified atom stereocenters. The van der Waals surface area contributed by atoms with Gasteiger partial charge in [-0.3, -0.25) is 0 Å². The SMILES string of the molecule is CCCNCc1sc2ccccc2c1CCC. The van der Waals surface area contributed by atoms with E-state index in [-0.39, 0.29) is 0 Å². The Bertz CT molecular complexity index is 473. The number of thiophene rings is 1. The standard InChI is InChI=1S/C15H21NS/c1-3-7-12-13-8-5-6-9-14(13)17-15(12)11-16-10-4-2/h5-6,8-9,16H,3-4,7,10-11H2,1-2H3. The molecule has 0 saturated carbocycles. The third kappa shape index (κ3) is 2.88. The van der Waals surface area contributed by atoms with Gasteiger partial charge < -0.3 is 5.32 Å². The summed E-state index contributed by atoms with van der Waals surface area (Å²) in [6.07, 6.45) is 3.63. The molecule has 0 spiro atoms. The number of hydrogen-bond acceptors (Lipinski definition) is 2. The van der Waals surface area contributed by atoms with Crippen LogP contribution in [0.5, 0.6) is 0 Å². The highest BCUT2D eigenvalue weighted by Gasteiger charge is 2.10. The fraction of sp³-hybridized carbons (Fsp3) is 0.467. The van der Waals surface area contributed by atoms with E-state index >= 15 is 0 Å². The van der Waals surface area contributed by atoms with E-state index in [0.717, 1.165) is 13.1 Å². The van der Waals surface area contributed by atoms with Crippen LogP contribution in [0.1, 0.15) is 37.1 Å². The van der Waals surface area contributed by atoms with E-state index in [4.69, 9.17) is 0 Å². The van der Waals surface area contributed by atoms with Crippen LogP contribution in [0.15, 0.2) is 24.3 Å². The molecule has 0 amide bonds. The highest BCUT2D eigenvalue weighted by atomic mass is 32.1. The van der Waals surface area contributed by atoms with E-state index in [1.165, 1.54) is 34.2 Å². The quantitative estimate of drug-likeness (QED) is 0.748. The summed E-state index contributed by atoms with van der Waals surface area (Å²) in [5.41, 5.74) is 1.57. The molecular formula is C15H21NS. The Morgan fingerprint density at radius 1 is 1.12 bits per heavy atom. The molecule has 92 valence electrons. The van der Waals surface area contributed by atoms with Crippen molar-refractivity contribution in [3.05, 3.63) is 34.7 Å². The summed E-state index contributed by atoms with van der Waals surface area (Å²) in [6, 6.07) is 8.79. The maximum atomic E-state index is 3.52. The lowest BCUT2D eigenvalue weighted by Gasteiger charge is -2.04.